The third-order valence-electron chi connectivity index (χ3n) is 4.43. The quantitative estimate of drug-likeness (QED) is 0.815. The molecule has 0 spiro atoms. The van der Waals surface area contributed by atoms with Gasteiger partial charge in [0.25, 0.3) is 0 Å². The predicted molar refractivity (Wildman–Crippen MR) is 90.2 cm³/mol. The van der Waals surface area contributed by atoms with Crippen molar-refractivity contribution < 1.29 is 9.53 Å². The van der Waals surface area contributed by atoms with Crippen LogP contribution in [0.25, 0.3) is 0 Å². The third-order valence-corrected chi connectivity index (χ3v) is 4.43. The molecular weight excluding hydrogens is 304 g/mol. The van der Waals surface area contributed by atoms with E-state index in [4.69, 9.17) is 4.74 Å². The van der Waals surface area contributed by atoms with E-state index in [-0.39, 0.29) is 12.0 Å². The highest BCUT2D eigenvalue weighted by molar-refractivity contribution is 5.76. The first-order valence-corrected chi connectivity index (χ1v) is 8.48. The number of amides is 1. The molecule has 0 bridgehead atoms. The van der Waals surface area contributed by atoms with Gasteiger partial charge >= 0.3 is 0 Å². The van der Waals surface area contributed by atoms with Crippen molar-refractivity contribution in [1.82, 2.24) is 19.4 Å². The number of pyridine rings is 1. The van der Waals surface area contributed by atoms with Gasteiger partial charge < -0.3 is 14.2 Å². The van der Waals surface area contributed by atoms with Gasteiger partial charge in [-0.1, -0.05) is 6.07 Å². The fraction of sp³-hybridized carbons (Fsp3) is 0.500. The Balaban J connectivity index is 1.46. The normalized spacial score (nSPS) is 17.9. The van der Waals surface area contributed by atoms with Crippen molar-refractivity contribution in [1.29, 1.82) is 0 Å². The predicted octanol–water partition coefficient (Wildman–Crippen LogP) is 2.18. The van der Waals surface area contributed by atoms with Gasteiger partial charge in [-0.05, 0) is 31.4 Å². The van der Waals surface area contributed by atoms with E-state index in [1.54, 1.807) is 12.4 Å². The summed E-state index contributed by atoms with van der Waals surface area (Å²) in [6, 6.07) is 3.92. The van der Waals surface area contributed by atoms with Crippen LogP contribution >= 0.6 is 0 Å². The van der Waals surface area contributed by atoms with Gasteiger partial charge in [-0.25, -0.2) is 4.98 Å². The van der Waals surface area contributed by atoms with E-state index < -0.39 is 0 Å². The van der Waals surface area contributed by atoms with Crippen molar-refractivity contribution in [2.45, 2.75) is 45.4 Å². The molecule has 24 heavy (non-hydrogen) atoms. The molecule has 128 valence electrons. The molecule has 6 nitrogen and oxygen atoms in total. The first kappa shape index (κ1) is 16.6. The lowest BCUT2D eigenvalue weighted by atomic mass is 10.1. The van der Waals surface area contributed by atoms with Gasteiger partial charge in [0.05, 0.1) is 12.7 Å². The molecule has 3 rings (SSSR count). The zero-order valence-corrected chi connectivity index (χ0v) is 14.1. The largest absolute Gasteiger partial charge is 0.372 e. The third kappa shape index (κ3) is 4.41. The average Bonchev–Trinajstić information content (AvgIpc) is 3.04. The number of rotatable bonds is 6. The zero-order valence-electron chi connectivity index (χ0n) is 14.1. The first-order chi connectivity index (χ1) is 11.7. The van der Waals surface area contributed by atoms with Gasteiger partial charge in [-0.3, -0.25) is 9.78 Å². The Morgan fingerprint density at radius 2 is 2.33 bits per heavy atom. The molecular formula is C18H24N4O2. The van der Waals surface area contributed by atoms with E-state index in [0.29, 0.717) is 26.1 Å². The van der Waals surface area contributed by atoms with Crippen LogP contribution in [0.1, 0.15) is 30.7 Å². The molecule has 1 saturated heterocycles. The molecule has 0 aliphatic carbocycles. The Hall–Kier alpha value is -2.21. The molecule has 1 unspecified atom stereocenters. The Bertz CT molecular complexity index is 656. The van der Waals surface area contributed by atoms with E-state index in [1.807, 2.05) is 40.9 Å². The molecule has 1 aliphatic rings. The summed E-state index contributed by atoms with van der Waals surface area (Å²) in [7, 11) is 0. The minimum Gasteiger partial charge on any atom is -0.372 e. The SMILES string of the molecule is Cc1nccn1CCC(=O)N1CCCC(OCc2cccnc2)C1. The number of likely N-dealkylation sites (tertiary alicyclic amines) is 1. The molecule has 1 atom stereocenters. The van der Waals surface area contributed by atoms with E-state index >= 15 is 0 Å². The highest BCUT2D eigenvalue weighted by Gasteiger charge is 2.24. The number of nitrogens with zero attached hydrogens (tertiary/aromatic N) is 4. The summed E-state index contributed by atoms with van der Waals surface area (Å²) in [4.78, 5) is 22.7. The maximum Gasteiger partial charge on any atom is 0.224 e. The molecule has 0 N–H and O–H groups in total. The summed E-state index contributed by atoms with van der Waals surface area (Å²) in [6.45, 7) is 4.70. The van der Waals surface area contributed by atoms with Crippen molar-refractivity contribution in [2.75, 3.05) is 13.1 Å². The summed E-state index contributed by atoms with van der Waals surface area (Å²) >= 11 is 0. The Labute approximate surface area is 142 Å². The maximum absolute atomic E-state index is 12.5. The van der Waals surface area contributed by atoms with Crippen molar-refractivity contribution in [3.05, 3.63) is 48.3 Å². The Morgan fingerprint density at radius 1 is 1.42 bits per heavy atom. The van der Waals surface area contributed by atoms with Crippen LogP contribution in [0.2, 0.25) is 0 Å². The van der Waals surface area contributed by atoms with Crippen molar-refractivity contribution in [3.63, 3.8) is 0 Å². The van der Waals surface area contributed by atoms with Gasteiger partial charge in [-0.15, -0.1) is 0 Å². The van der Waals surface area contributed by atoms with Crippen LogP contribution in [0, 0.1) is 6.92 Å². The molecule has 3 heterocycles. The van der Waals surface area contributed by atoms with Crippen LogP contribution in [0.5, 0.6) is 0 Å². The standard InChI is InChI=1S/C18H24N4O2/c1-15-20-8-11-21(15)10-6-18(23)22-9-3-5-17(13-22)24-14-16-4-2-7-19-12-16/h2,4,7-8,11-12,17H,3,5-6,9-10,13-14H2,1H3. The zero-order chi connectivity index (χ0) is 16.8. The van der Waals surface area contributed by atoms with E-state index in [2.05, 4.69) is 9.97 Å². The lowest BCUT2D eigenvalue weighted by molar-refractivity contribution is -0.135. The smallest absolute Gasteiger partial charge is 0.224 e. The summed E-state index contributed by atoms with van der Waals surface area (Å²) < 4.78 is 7.98. The molecule has 0 radical (unpaired) electrons. The second-order valence-corrected chi connectivity index (χ2v) is 6.19. The summed E-state index contributed by atoms with van der Waals surface area (Å²) in [5.74, 6) is 1.14. The van der Waals surface area contributed by atoms with E-state index in [9.17, 15) is 4.79 Å². The highest BCUT2D eigenvalue weighted by Crippen LogP contribution is 2.16. The fourth-order valence-electron chi connectivity index (χ4n) is 3.01. The lowest BCUT2D eigenvalue weighted by Gasteiger charge is -2.32. The monoisotopic (exact) mass is 328 g/mol. The van der Waals surface area contributed by atoms with Crippen LogP contribution in [0.4, 0.5) is 0 Å². The second-order valence-electron chi connectivity index (χ2n) is 6.19. The van der Waals surface area contributed by atoms with Crippen LogP contribution in [-0.4, -0.2) is 44.5 Å². The van der Waals surface area contributed by atoms with Crippen molar-refractivity contribution in [3.8, 4) is 0 Å². The Kier molecular flexibility index (Phi) is 5.59. The molecule has 0 aromatic carbocycles. The number of piperidine rings is 1. The summed E-state index contributed by atoms with van der Waals surface area (Å²) in [5.41, 5.74) is 1.07. The van der Waals surface area contributed by atoms with Gasteiger partial charge in [0.1, 0.15) is 5.82 Å². The summed E-state index contributed by atoms with van der Waals surface area (Å²) in [6.07, 6.45) is 9.87. The number of aromatic nitrogens is 3. The van der Waals surface area contributed by atoms with E-state index in [0.717, 1.165) is 30.8 Å². The minimum atomic E-state index is 0.109. The second kappa shape index (κ2) is 8.06. The number of carbonyl (C=O) groups is 1. The van der Waals surface area contributed by atoms with Gasteiger partial charge in [0, 0.05) is 50.8 Å². The van der Waals surface area contributed by atoms with Gasteiger partial charge in [0.2, 0.25) is 5.91 Å². The molecule has 2 aromatic heterocycles. The molecule has 1 aliphatic heterocycles. The molecule has 2 aromatic rings. The van der Waals surface area contributed by atoms with Crippen molar-refractivity contribution >= 4 is 5.91 Å². The maximum atomic E-state index is 12.5. The number of aryl methyl sites for hydroxylation is 2. The molecule has 6 heteroatoms. The number of carbonyl (C=O) groups excluding carboxylic acids is 1. The first-order valence-electron chi connectivity index (χ1n) is 8.48. The van der Waals surface area contributed by atoms with Gasteiger partial charge in [-0.2, -0.15) is 0 Å². The van der Waals surface area contributed by atoms with Crippen LogP contribution < -0.4 is 0 Å². The fourth-order valence-corrected chi connectivity index (χ4v) is 3.01. The van der Waals surface area contributed by atoms with Crippen LogP contribution in [0.15, 0.2) is 36.9 Å². The van der Waals surface area contributed by atoms with Crippen molar-refractivity contribution in [2.24, 2.45) is 0 Å². The topological polar surface area (TPSA) is 60.2 Å². The Morgan fingerprint density at radius 3 is 3.08 bits per heavy atom. The lowest BCUT2D eigenvalue weighted by Crippen LogP contribution is -2.43. The molecule has 0 saturated carbocycles. The van der Waals surface area contributed by atoms with Crippen LogP contribution in [-0.2, 0) is 22.7 Å². The molecule has 1 amide bonds. The number of hydrogen-bond donors (Lipinski definition) is 0. The number of hydrogen-bond acceptors (Lipinski definition) is 4. The number of ether oxygens (including phenoxy) is 1. The highest BCUT2D eigenvalue weighted by atomic mass is 16.5. The number of imidazole rings is 1. The minimum absolute atomic E-state index is 0.109. The summed E-state index contributed by atoms with van der Waals surface area (Å²) in [5, 5.41) is 0. The average molecular weight is 328 g/mol. The molecule has 1 fully saturated rings. The van der Waals surface area contributed by atoms with Gasteiger partial charge in [0.15, 0.2) is 0 Å². The van der Waals surface area contributed by atoms with Crippen LogP contribution in [0.3, 0.4) is 0 Å². The van der Waals surface area contributed by atoms with E-state index in [1.165, 1.54) is 0 Å².